The highest BCUT2D eigenvalue weighted by Crippen LogP contribution is 2.52. The van der Waals surface area contributed by atoms with Gasteiger partial charge in [0.05, 0.1) is 18.7 Å². The third kappa shape index (κ3) is 3.52. The van der Waals surface area contributed by atoms with Crippen molar-refractivity contribution < 1.29 is 23.9 Å². The summed E-state index contributed by atoms with van der Waals surface area (Å²) in [6, 6.07) is 11.3. The van der Waals surface area contributed by atoms with Gasteiger partial charge >= 0.3 is 5.97 Å². The first-order valence-corrected chi connectivity index (χ1v) is 11.0. The summed E-state index contributed by atoms with van der Waals surface area (Å²) in [6.45, 7) is 0. The predicted molar refractivity (Wildman–Crippen MR) is 113 cm³/mol. The lowest BCUT2D eigenvalue weighted by molar-refractivity contribution is -0.142. The second kappa shape index (κ2) is 7.87. The fourth-order valence-electron chi connectivity index (χ4n) is 5.44. The summed E-state index contributed by atoms with van der Waals surface area (Å²) in [5.74, 6) is -0.759. The van der Waals surface area contributed by atoms with Gasteiger partial charge in [0.2, 0.25) is 5.91 Å². The molecule has 5 rings (SSSR count). The number of carbonyl (C=O) groups is 3. The molecule has 3 atom stereocenters. The van der Waals surface area contributed by atoms with E-state index < -0.39 is 5.97 Å². The van der Waals surface area contributed by atoms with Gasteiger partial charge in [-0.2, -0.15) is 0 Å². The number of furan rings is 1. The molecule has 2 amide bonds. The fraction of sp³-hybridized carbons (Fsp3) is 0.458. The van der Waals surface area contributed by atoms with Crippen molar-refractivity contribution in [3.63, 3.8) is 0 Å². The monoisotopic (exact) mass is 422 g/mol. The molecule has 3 aliphatic rings. The standard InChI is InChI=1S/C24H26N2O5/c27-21(12-13-22(28)29)25(15-10-11-15)23-16-5-1-2-7-18(16)26(19-8-3-6-17(19)23)24(30)20-9-4-14-31-20/h1-2,4-5,7,9,14-15,17,19,23H,3,6,8,10-13H2,(H,28,29). The summed E-state index contributed by atoms with van der Waals surface area (Å²) >= 11 is 0. The summed E-state index contributed by atoms with van der Waals surface area (Å²) in [4.78, 5) is 41.5. The number of anilines is 1. The van der Waals surface area contributed by atoms with Gasteiger partial charge < -0.3 is 19.3 Å². The van der Waals surface area contributed by atoms with Crippen LogP contribution in [0.4, 0.5) is 5.69 Å². The molecule has 0 saturated heterocycles. The van der Waals surface area contributed by atoms with Crippen LogP contribution in [-0.2, 0) is 9.59 Å². The number of carboxylic acids is 1. The summed E-state index contributed by atoms with van der Waals surface area (Å²) in [5, 5.41) is 9.08. The van der Waals surface area contributed by atoms with Crippen molar-refractivity contribution in [3.05, 3.63) is 54.0 Å². The maximum atomic E-state index is 13.4. The topological polar surface area (TPSA) is 91.1 Å². The highest BCUT2D eigenvalue weighted by Gasteiger charge is 2.51. The van der Waals surface area contributed by atoms with Crippen LogP contribution in [0.3, 0.4) is 0 Å². The first-order chi connectivity index (χ1) is 15.1. The van der Waals surface area contributed by atoms with Gasteiger partial charge in [0.25, 0.3) is 5.91 Å². The van der Waals surface area contributed by atoms with Crippen molar-refractivity contribution in [3.8, 4) is 0 Å². The van der Waals surface area contributed by atoms with E-state index in [9.17, 15) is 14.4 Å². The van der Waals surface area contributed by atoms with Gasteiger partial charge in [-0.15, -0.1) is 0 Å². The van der Waals surface area contributed by atoms with Gasteiger partial charge in [0, 0.05) is 30.1 Å². The number of para-hydroxylation sites is 1. The summed E-state index contributed by atoms with van der Waals surface area (Å²) in [6.07, 6.45) is 6.06. The molecule has 2 aromatic rings. The molecular weight excluding hydrogens is 396 g/mol. The number of amides is 2. The van der Waals surface area contributed by atoms with Crippen LogP contribution >= 0.6 is 0 Å². The third-order valence-electron chi connectivity index (χ3n) is 6.82. The molecule has 162 valence electrons. The summed E-state index contributed by atoms with van der Waals surface area (Å²) in [7, 11) is 0. The van der Waals surface area contributed by atoms with Crippen LogP contribution in [0, 0.1) is 5.92 Å². The molecule has 2 heterocycles. The molecule has 1 aromatic heterocycles. The maximum Gasteiger partial charge on any atom is 0.303 e. The number of benzene rings is 1. The normalized spacial score (nSPS) is 24.4. The lowest BCUT2D eigenvalue weighted by atomic mass is 9.81. The Morgan fingerprint density at radius 3 is 2.55 bits per heavy atom. The van der Waals surface area contributed by atoms with E-state index in [1.807, 2.05) is 34.1 Å². The molecule has 2 saturated carbocycles. The van der Waals surface area contributed by atoms with E-state index in [1.54, 1.807) is 12.1 Å². The van der Waals surface area contributed by atoms with Gasteiger partial charge in [-0.25, -0.2) is 0 Å². The van der Waals surface area contributed by atoms with Crippen molar-refractivity contribution in [2.24, 2.45) is 5.92 Å². The second-order valence-corrected chi connectivity index (χ2v) is 8.74. The number of rotatable bonds is 6. The van der Waals surface area contributed by atoms with E-state index in [-0.39, 0.29) is 48.7 Å². The highest BCUT2D eigenvalue weighted by atomic mass is 16.4. The molecule has 1 N–H and O–H groups in total. The van der Waals surface area contributed by atoms with Crippen LogP contribution in [0.2, 0.25) is 0 Å². The average molecular weight is 422 g/mol. The second-order valence-electron chi connectivity index (χ2n) is 8.74. The van der Waals surface area contributed by atoms with Gasteiger partial charge in [0.1, 0.15) is 0 Å². The first-order valence-electron chi connectivity index (χ1n) is 11.0. The zero-order valence-corrected chi connectivity index (χ0v) is 17.3. The first kappa shape index (κ1) is 19.8. The molecule has 31 heavy (non-hydrogen) atoms. The lowest BCUT2D eigenvalue weighted by Gasteiger charge is -2.47. The van der Waals surface area contributed by atoms with E-state index in [1.165, 1.54) is 6.26 Å². The quantitative estimate of drug-likeness (QED) is 0.760. The molecule has 1 aromatic carbocycles. The van der Waals surface area contributed by atoms with Crippen molar-refractivity contribution in [1.29, 1.82) is 0 Å². The van der Waals surface area contributed by atoms with E-state index >= 15 is 0 Å². The molecule has 2 fully saturated rings. The average Bonchev–Trinajstić information content (AvgIpc) is 3.24. The Kier molecular flexibility index (Phi) is 5.04. The Bertz CT molecular complexity index is 997. The fourth-order valence-corrected chi connectivity index (χ4v) is 5.44. The van der Waals surface area contributed by atoms with E-state index in [2.05, 4.69) is 0 Å². The summed E-state index contributed by atoms with van der Waals surface area (Å²) < 4.78 is 5.42. The smallest absolute Gasteiger partial charge is 0.303 e. The van der Waals surface area contributed by atoms with Gasteiger partial charge in [-0.05, 0) is 49.4 Å². The van der Waals surface area contributed by atoms with Gasteiger partial charge in [-0.3, -0.25) is 14.4 Å². The Morgan fingerprint density at radius 1 is 1.03 bits per heavy atom. The van der Waals surface area contributed by atoms with Crippen LogP contribution < -0.4 is 4.90 Å². The minimum atomic E-state index is -0.956. The molecule has 0 radical (unpaired) electrons. The Morgan fingerprint density at radius 2 is 1.84 bits per heavy atom. The van der Waals surface area contributed by atoms with Crippen LogP contribution in [0.1, 0.15) is 67.1 Å². The Balaban J connectivity index is 1.56. The maximum absolute atomic E-state index is 13.4. The molecule has 2 aliphatic carbocycles. The number of hydrogen-bond donors (Lipinski definition) is 1. The van der Waals surface area contributed by atoms with E-state index in [0.29, 0.717) is 5.76 Å². The van der Waals surface area contributed by atoms with Crippen molar-refractivity contribution in [2.75, 3.05) is 4.90 Å². The van der Waals surface area contributed by atoms with Crippen molar-refractivity contribution >= 4 is 23.5 Å². The number of carbonyl (C=O) groups excluding carboxylic acids is 2. The largest absolute Gasteiger partial charge is 0.481 e. The molecule has 7 heteroatoms. The molecule has 0 bridgehead atoms. The molecule has 7 nitrogen and oxygen atoms in total. The number of aliphatic carboxylic acids is 1. The molecule has 1 aliphatic heterocycles. The highest BCUT2D eigenvalue weighted by molar-refractivity contribution is 6.05. The van der Waals surface area contributed by atoms with Crippen LogP contribution in [-0.4, -0.2) is 39.9 Å². The van der Waals surface area contributed by atoms with Crippen molar-refractivity contribution in [1.82, 2.24) is 4.90 Å². The van der Waals surface area contributed by atoms with E-state index in [0.717, 1.165) is 43.4 Å². The van der Waals surface area contributed by atoms with Gasteiger partial charge in [0.15, 0.2) is 5.76 Å². The zero-order chi connectivity index (χ0) is 21.5. The van der Waals surface area contributed by atoms with Gasteiger partial charge in [-0.1, -0.05) is 24.6 Å². The molecular formula is C24H26N2O5. The summed E-state index contributed by atoms with van der Waals surface area (Å²) in [5.41, 5.74) is 1.80. The van der Waals surface area contributed by atoms with Crippen LogP contribution in [0.5, 0.6) is 0 Å². The lowest BCUT2D eigenvalue weighted by Crippen LogP contribution is -2.52. The number of nitrogens with zero attached hydrogens (tertiary/aromatic N) is 2. The third-order valence-corrected chi connectivity index (χ3v) is 6.82. The van der Waals surface area contributed by atoms with Crippen LogP contribution in [0.25, 0.3) is 0 Å². The van der Waals surface area contributed by atoms with E-state index in [4.69, 9.17) is 9.52 Å². The minimum absolute atomic E-state index is 0.00831. The predicted octanol–water partition coefficient (Wildman–Crippen LogP) is 4.01. The SMILES string of the molecule is O=C(O)CCC(=O)N(C1CC1)C1c2ccccc2N(C(=O)c2ccco2)C2CCCC21. The minimum Gasteiger partial charge on any atom is -0.481 e. The van der Waals surface area contributed by atoms with Crippen molar-refractivity contribution in [2.45, 2.75) is 63.1 Å². The van der Waals surface area contributed by atoms with Crippen LogP contribution in [0.15, 0.2) is 47.1 Å². The number of hydrogen-bond acceptors (Lipinski definition) is 4. The number of carboxylic acid groups (broad SMARTS) is 1. The Hall–Kier alpha value is -3.09. The Labute approximate surface area is 180 Å². The molecule has 3 unspecified atom stereocenters. The molecule has 0 spiro atoms. The zero-order valence-electron chi connectivity index (χ0n) is 17.3. The number of fused-ring (bicyclic) bond motifs is 2.